The van der Waals surface area contributed by atoms with Crippen molar-refractivity contribution in [3.05, 3.63) is 28.5 Å². The van der Waals surface area contributed by atoms with E-state index in [-0.39, 0.29) is 24.1 Å². The molecule has 0 heterocycles. The smallest absolute Gasteiger partial charge is 0.166 e. The molecule has 1 aromatic rings. The van der Waals surface area contributed by atoms with Gasteiger partial charge in [0.25, 0.3) is 0 Å². The van der Waals surface area contributed by atoms with Gasteiger partial charge in [0.1, 0.15) is 11.9 Å². The minimum absolute atomic E-state index is 0.0642. The maximum Gasteiger partial charge on any atom is 0.166 e. The van der Waals surface area contributed by atoms with Gasteiger partial charge in [-0.05, 0) is 24.6 Å². The molecule has 1 unspecified atom stereocenters. The van der Waals surface area contributed by atoms with Crippen LogP contribution in [0.15, 0.2) is 27.8 Å². The van der Waals surface area contributed by atoms with Crippen molar-refractivity contribution >= 4 is 21.8 Å². The zero-order chi connectivity index (χ0) is 12.8. The first-order chi connectivity index (χ1) is 8.06. The standard InChI is InChI=1S/C11H14BrFN2O2/c1-2-8(6-11(14)15-16)17-10-4-3-7(12)5-9(10)13/h3-5,8,16H,2,6H2,1H3,(H2,14,15). The molecule has 0 fully saturated rings. The number of oxime groups is 1. The van der Waals surface area contributed by atoms with Gasteiger partial charge in [0.15, 0.2) is 11.6 Å². The van der Waals surface area contributed by atoms with Crippen LogP contribution in [0.4, 0.5) is 4.39 Å². The molecule has 0 radical (unpaired) electrons. The minimum atomic E-state index is -0.447. The van der Waals surface area contributed by atoms with Gasteiger partial charge in [-0.3, -0.25) is 0 Å². The van der Waals surface area contributed by atoms with Crippen LogP contribution in [0.3, 0.4) is 0 Å². The molecule has 0 aromatic heterocycles. The summed E-state index contributed by atoms with van der Waals surface area (Å²) in [5.74, 6) is -0.225. The molecule has 0 bridgehead atoms. The van der Waals surface area contributed by atoms with Crippen LogP contribution in [0.5, 0.6) is 5.75 Å². The highest BCUT2D eigenvalue weighted by Gasteiger charge is 2.13. The molecule has 0 aliphatic heterocycles. The van der Waals surface area contributed by atoms with E-state index < -0.39 is 5.82 Å². The summed E-state index contributed by atoms with van der Waals surface area (Å²) >= 11 is 3.16. The van der Waals surface area contributed by atoms with E-state index in [0.29, 0.717) is 10.9 Å². The number of rotatable bonds is 5. The Morgan fingerprint density at radius 3 is 2.88 bits per heavy atom. The fourth-order valence-corrected chi connectivity index (χ4v) is 1.63. The highest BCUT2D eigenvalue weighted by Crippen LogP contribution is 2.23. The van der Waals surface area contributed by atoms with Crippen LogP contribution in [-0.4, -0.2) is 17.1 Å². The quantitative estimate of drug-likeness (QED) is 0.380. The Kier molecular flexibility index (Phi) is 5.21. The molecule has 6 heteroatoms. The third-order valence-electron chi connectivity index (χ3n) is 2.21. The topological polar surface area (TPSA) is 67.8 Å². The molecule has 17 heavy (non-hydrogen) atoms. The van der Waals surface area contributed by atoms with Gasteiger partial charge in [0, 0.05) is 10.9 Å². The largest absolute Gasteiger partial charge is 0.487 e. The number of halogens is 2. The second kappa shape index (κ2) is 6.44. The third-order valence-corrected chi connectivity index (χ3v) is 2.70. The van der Waals surface area contributed by atoms with Crippen LogP contribution in [0.1, 0.15) is 19.8 Å². The minimum Gasteiger partial charge on any atom is -0.487 e. The summed E-state index contributed by atoms with van der Waals surface area (Å²) < 4.78 is 19.6. The summed E-state index contributed by atoms with van der Waals surface area (Å²) in [6.07, 6.45) is 0.565. The van der Waals surface area contributed by atoms with E-state index in [2.05, 4.69) is 21.1 Å². The van der Waals surface area contributed by atoms with E-state index in [9.17, 15) is 4.39 Å². The first-order valence-electron chi connectivity index (χ1n) is 5.15. The summed E-state index contributed by atoms with van der Waals surface area (Å²) in [6, 6.07) is 4.55. The van der Waals surface area contributed by atoms with Gasteiger partial charge < -0.3 is 15.7 Å². The van der Waals surface area contributed by atoms with Crippen LogP contribution >= 0.6 is 15.9 Å². The Labute approximate surface area is 107 Å². The molecule has 1 rings (SSSR count). The van der Waals surface area contributed by atoms with Gasteiger partial charge >= 0.3 is 0 Å². The molecule has 1 aromatic carbocycles. The van der Waals surface area contributed by atoms with Crippen molar-refractivity contribution in [2.75, 3.05) is 0 Å². The van der Waals surface area contributed by atoms with Crippen LogP contribution < -0.4 is 10.5 Å². The molecular weight excluding hydrogens is 291 g/mol. The molecule has 94 valence electrons. The first-order valence-corrected chi connectivity index (χ1v) is 5.94. The molecular formula is C11H14BrFN2O2. The van der Waals surface area contributed by atoms with Gasteiger partial charge in [-0.2, -0.15) is 0 Å². The number of ether oxygens (including phenoxy) is 1. The fourth-order valence-electron chi connectivity index (χ4n) is 1.29. The molecule has 3 N–H and O–H groups in total. The normalized spacial score (nSPS) is 13.5. The van der Waals surface area contributed by atoms with Crippen molar-refractivity contribution < 1.29 is 14.3 Å². The van der Waals surface area contributed by atoms with E-state index in [4.69, 9.17) is 15.7 Å². The van der Waals surface area contributed by atoms with Gasteiger partial charge in [0.2, 0.25) is 0 Å². The van der Waals surface area contributed by atoms with Gasteiger partial charge in [-0.15, -0.1) is 0 Å². The first kappa shape index (κ1) is 13.8. The monoisotopic (exact) mass is 304 g/mol. The molecule has 0 saturated carbocycles. The Hall–Kier alpha value is -1.30. The van der Waals surface area contributed by atoms with Crippen molar-refractivity contribution in [2.45, 2.75) is 25.9 Å². The lowest BCUT2D eigenvalue weighted by molar-refractivity contribution is 0.194. The molecule has 0 aliphatic carbocycles. The Balaban J connectivity index is 2.73. The summed E-state index contributed by atoms with van der Waals surface area (Å²) in [4.78, 5) is 0. The van der Waals surface area contributed by atoms with E-state index in [1.54, 1.807) is 6.07 Å². The molecule has 0 amide bonds. The third kappa shape index (κ3) is 4.22. The lowest BCUT2D eigenvalue weighted by atomic mass is 10.2. The van der Waals surface area contributed by atoms with E-state index in [1.807, 2.05) is 6.92 Å². The van der Waals surface area contributed by atoms with Gasteiger partial charge in [-0.25, -0.2) is 4.39 Å². The van der Waals surface area contributed by atoms with E-state index in [0.717, 1.165) is 0 Å². The van der Waals surface area contributed by atoms with Crippen molar-refractivity contribution in [3.8, 4) is 5.75 Å². The zero-order valence-electron chi connectivity index (χ0n) is 9.36. The van der Waals surface area contributed by atoms with Crippen molar-refractivity contribution in [3.63, 3.8) is 0 Å². The maximum absolute atomic E-state index is 13.5. The van der Waals surface area contributed by atoms with Crippen molar-refractivity contribution in [1.82, 2.24) is 0 Å². The second-order valence-corrected chi connectivity index (χ2v) is 4.43. The fraction of sp³-hybridized carbons (Fsp3) is 0.364. The van der Waals surface area contributed by atoms with Crippen LogP contribution in [0, 0.1) is 5.82 Å². The molecule has 1 atom stereocenters. The highest BCUT2D eigenvalue weighted by atomic mass is 79.9. The summed E-state index contributed by atoms with van der Waals surface area (Å²) in [7, 11) is 0. The predicted molar refractivity (Wildman–Crippen MR) is 66.8 cm³/mol. The van der Waals surface area contributed by atoms with Crippen molar-refractivity contribution in [2.24, 2.45) is 10.9 Å². The molecule has 0 saturated heterocycles. The van der Waals surface area contributed by atoms with E-state index >= 15 is 0 Å². The number of hydrogen-bond donors (Lipinski definition) is 2. The summed E-state index contributed by atoms with van der Waals surface area (Å²) in [5.41, 5.74) is 5.38. The molecule has 0 aliphatic rings. The molecule has 4 nitrogen and oxygen atoms in total. The molecule has 0 spiro atoms. The number of benzene rings is 1. The summed E-state index contributed by atoms with van der Waals surface area (Å²) in [6.45, 7) is 1.88. The van der Waals surface area contributed by atoms with E-state index in [1.165, 1.54) is 12.1 Å². The van der Waals surface area contributed by atoms with Gasteiger partial charge in [0.05, 0.1) is 0 Å². The lowest BCUT2D eigenvalue weighted by Gasteiger charge is -2.17. The zero-order valence-corrected chi connectivity index (χ0v) is 10.9. The Morgan fingerprint density at radius 1 is 1.65 bits per heavy atom. The number of nitrogens with zero attached hydrogens (tertiary/aromatic N) is 1. The highest BCUT2D eigenvalue weighted by molar-refractivity contribution is 9.10. The SMILES string of the molecule is CCC(C/C(N)=N/O)Oc1ccc(Br)cc1F. The number of hydrogen-bond acceptors (Lipinski definition) is 3. The Morgan fingerprint density at radius 2 is 2.35 bits per heavy atom. The maximum atomic E-state index is 13.5. The predicted octanol–water partition coefficient (Wildman–Crippen LogP) is 2.88. The second-order valence-electron chi connectivity index (χ2n) is 3.52. The van der Waals surface area contributed by atoms with Crippen LogP contribution in [-0.2, 0) is 0 Å². The Bertz CT molecular complexity index is 412. The van der Waals surface area contributed by atoms with Crippen molar-refractivity contribution in [1.29, 1.82) is 0 Å². The number of nitrogens with two attached hydrogens (primary N) is 1. The lowest BCUT2D eigenvalue weighted by Crippen LogP contribution is -2.25. The van der Waals surface area contributed by atoms with Gasteiger partial charge in [-0.1, -0.05) is 28.0 Å². The average molecular weight is 305 g/mol. The summed E-state index contributed by atoms with van der Waals surface area (Å²) in [5, 5.41) is 11.3. The van der Waals surface area contributed by atoms with Crippen LogP contribution in [0.2, 0.25) is 0 Å². The van der Waals surface area contributed by atoms with Crippen LogP contribution in [0.25, 0.3) is 0 Å². The number of amidine groups is 1. The average Bonchev–Trinajstić information content (AvgIpc) is 2.31.